The summed E-state index contributed by atoms with van der Waals surface area (Å²) in [4.78, 5) is 21.7. The number of hydrogen-bond acceptors (Lipinski definition) is 5. The summed E-state index contributed by atoms with van der Waals surface area (Å²) in [5.74, 6) is 0.187. The summed E-state index contributed by atoms with van der Waals surface area (Å²) < 4.78 is 5.72. The number of nitrogens with zero attached hydrogens (tertiary/aromatic N) is 3. The van der Waals surface area contributed by atoms with Crippen molar-refractivity contribution in [3.63, 3.8) is 0 Å². The zero-order chi connectivity index (χ0) is 17.8. The minimum atomic E-state index is 0.187. The Labute approximate surface area is 158 Å². The largest absolute Gasteiger partial charge is 0.377 e. The van der Waals surface area contributed by atoms with Crippen LogP contribution in [0.4, 0.5) is 0 Å². The van der Waals surface area contributed by atoms with Crippen LogP contribution in [-0.2, 0) is 16.0 Å². The lowest BCUT2D eigenvalue weighted by Crippen LogP contribution is -2.50. The summed E-state index contributed by atoms with van der Waals surface area (Å²) in [6.45, 7) is 5.41. The third kappa shape index (κ3) is 4.31. The molecule has 0 saturated carbocycles. The van der Waals surface area contributed by atoms with E-state index in [0.29, 0.717) is 12.5 Å². The second-order valence-electron chi connectivity index (χ2n) is 7.00. The van der Waals surface area contributed by atoms with Gasteiger partial charge in [-0.3, -0.25) is 9.69 Å². The predicted octanol–water partition coefficient (Wildman–Crippen LogP) is 2.68. The van der Waals surface area contributed by atoms with Gasteiger partial charge in [0.15, 0.2) is 0 Å². The zero-order valence-electron chi connectivity index (χ0n) is 15.0. The molecule has 2 aliphatic heterocycles. The van der Waals surface area contributed by atoms with E-state index in [4.69, 9.17) is 4.74 Å². The van der Waals surface area contributed by atoms with E-state index in [1.54, 1.807) is 11.3 Å². The maximum absolute atomic E-state index is 12.6. The number of ether oxygens (including phenoxy) is 1. The fourth-order valence-corrected chi connectivity index (χ4v) is 4.45. The first-order valence-corrected chi connectivity index (χ1v) is 10.3. The normalized spacial score (nSPS) is 21.2. The summed E-state index contributed by atoms with van der Waals surface area (Å²) in [5, 5.41) is 2.99. The molecule has 0 N–H and O–H groups in total. The summed E-state index contributed by atoms with van der Waals surface area (Å²) in [6, 6.07) is 10.1. The lowest BCUT2D eigenvalue weighted by Gasteiger charge is -2.35. The maximum Gasteiger partial charge on any atom is 0.228 e. The number of amides is 1. The van der Waals surface area contributed by atoms with Gasteiger partial charge in [-0.15, -0.1) is 11.3 Å². The fourth-order valence-electron chi connectivity index (χ4n) is 3.62. The molecule has 5 nitrogen and oxygen atoms in total. The third-order valence-electron chi connectivity index (χ3n) is 5.12. The van der Waals surface area contributed by atoms with E-state index in [0.717, 1.165) is 55.6 Å². The highest BCUT2D eigenvalue weighted by Crippen LogP contribution is 2.23. The van der Waals surface area contributed by atoms with Crippen LogP contribution in [0.2, 0.25) is 0 Å². The van der Waals surface area contributed by atoms with E-state index in [-0.39, 0.29) is 5.91 Å². The minimum Gasteiger partial charge on any atom is -0.377 e. The van der Waals surface area contributed by atoms with Crippen molar-refractivity contribution in [2.75, 3.05) is 39.3 Å². The van der Waals surface area contributed by atoms with Crippen LogP contribution in [0.3, 0.4) is 0 Å². The van der Waals surface area contributed by atoms with Crippen LogP contribution in [0.25, 0.3) is 10.6 Å². The standard InChI is InChI=1S/C20H25N3O2S/c24-19(13-17-15-26-20(21-17)16-5-2-1-3-6-16)23-10-8-22(9-11-23)14-18-7-4-12-25-18/h1-3,5-6,15,18H,4,7-14H2. The van der Waals surface area contributed by atoms with Crippen LogP contribution in [0, 0.1) is 0 Å². The number of carbonyl (C=O) groups excluding carboxylic acids is 1. The van der Waals surface area contributed by atoms with Gasteiger partial charge >= 0.3 is 0 Å². The molecule has 1 aromatic heterocycles. The highest BCUT2D eigenvalue weighted by Gasteiger charge is 2.25. The van der Waals surface area contributed by atoms with Crippen LogP contribution in [-0.4, -0.2) is 66.1 Å². The molecule has 1 unspecified atom stereocenters. The molecule has 3 heterocycles. The van der Waals surface area contributed by atoms with Crippen LogP contribution in [0.1, 0.15) is 18.5 Å². The van der Waals surface area contributed by atoms with Gasteiger partial charge in [0.25, 0.3) is 0 Å². The Morgan fingerprint density at radius 3 is 2.73 bits per heavy atom. The molecule has 26 heavy (non-hydrogen) atoms. The molecule has 6 heteroatoms. The van der Waals surface area contributed by atoms with Gasteiger partial charge in [-0.1, -0.05) is 30.3 Å². The highest BCUT2D eigenvalue weighted by atomic mass is 32.1. The van der Waals surface area contributed by atoms with Crippen molar-refractivity contribution in [3.8, 4) is 10.6 Å². The predicted molar refractivity (Wildman–Crippen MR) is 103 cm³/mol. The van der Waals surface area contributed by atoms with Crippen molar-refractivity contribution in [2.45, 2.75) is 25.4 Å². The van der Waals surface area contributed by atoms with Gasteiger partial charge in [0.05, 0.1) is 18.2 Å². The topological polar surface area (TPSA) is 45.7 Å². The molecule has 2 aromatic rings. The summed E-state index contributed by atoms with van der Waals surface area (Å²) in [5.41, 5.74) is 1.99. The van der Waals surface area contributed by atoms with E-state index in [9.17, 15) is 4.79 Å². The van der Waals surface area contributed by atoms with Gasteiger partial charge < -0.3 is 9.64 Å². The first-order valence-electron chi connectivity index (χ1n) is 9.39. The molecule has 1 aromatic carbocycles. The monoisotopic (exact) mass is 371 g/mol. The third-order valence-corrected chi connectivity index (χ3v) is 6.06. The summed E-state index contributed by atoms with van der Waals surface area (Å²) >= 11 is 1.61. The van der Waals surface area contributed by atoms with Crippen molar-refractivity contribution in [1.29, 1.82) is 0 Å². The van der Waals surface area contributed by atoms with Crippen LogP contribution in [0.15, 0.2) is 35.7 Å². The van der Waals surface area contributed by atoms with Crippen LogP contribution < -0.4 is 0 Å². The maximum atomic E-state index is 12.6. The number of piperazine rings is 1. The second-order valence-corrected chi connectivity index (χ2v) is 7.86. The molecule has 0 radical (unpaired) electrons. The quantitative estimate of drug-likeness (QED) is 0.811. The Hall–Kier alpha value is -1.76. The Morgan fingerprint density at radius 1 is 1.19 bits per heavy atom. The van der Waals surface area contributed by atoms with Crippen molar-refractivity contribution in [1.82, 2.24) is 14.8 Å². The van der Waals surface area contributed by atoms with E-state index in [2.05, 4.69) is 22.0 Å². The van der Waals surface area contributed by atoms with Crippen molar-refractivity contribution in [3.05, 3.63) is 41.4 Å². The Bertz CT molecular complexity index is 720. The number of benzene rings is 1. The molecule has 138 valence electrons. The molecule has 2 saturated heterocycles. The average Bonchev–Trinajstić information content (AvgIpc) is 3.35. The van der Waals surface area contributed by atoms with Crippen molar-refractivity contribution < 1.29 is 9.53 Å². The van der Waals surface area contributed by atoms with Crippen LogP contribution >= 0.6 is 11.3 Å². The SMILES string of the molecule is O=C(Cc1csc(-c2ccccc2)n1)N1CCN(CC2CCCO2)CC1. The summed E-state index contributed by atoms with van der Waals surface area (Å²) in [7, 11) is 0. The smallest absolute Gasteiger partial charge is 0.228 e. The van der Waals surface area contributed by atoms with Gasteiger partial charge in [-0.25, -0.2) is 4.98 Å². The Kier molecular flexibility index (Phi) is 5.62. The number of rotatable bonds is 5. The lowest BCUT2D eigenvalue weighted by molar-refractivity contribution is -0.132. The molecule has 0 spiro atoms. The van der Waals surface area contributed by atoms with E-state index < -0.39 is 0 Å². The molecule has 1 atom stereocenters. The first-order chi connectivity index (χ1) is 12.8. The fraction of sp³-hybridized carbons (Fsp3) is 0.500. The van der Waals surface area contributed by atoms with Gasteiger partial charge in [0.2, 0.25) is 5.91 Å². The number of carbonyl (C=O) groups is 1. The van der Waals surface area contributed by atoms with Gasteiger partial charge in [0, 0.05) is 50.3 Å². The Morgan fingerprint density at radius 2 is 2.00 bits per heavy atom. The van der Waals surface area contributed by atoms with Crippen molar-refractivity contribution in [2.24, 2.45) is 0 Å². The number of thiazole rings is 1. The summed E-state index contributed by atoms with van der Waals surface area (Å²) in [6.07, 6.45) is 3.15. The van der Waals surface area contributed by atoms with Gasteiger partial charge in [-0.05, 0) is 12.8 Å². The van der Waals surface area contributed by atoms with Crippen molar-refractivity contribution >= 4 is 17.2 Å². The van der Waals surface area contributed by atoms with E-state index >= 15 is 0 Å². The molecule has 2 aliphatic rings. The zero-order valence-corrected chi connectivity index (χ0v) is 15.8. The highest BCUT2D eigenvalue weighted by molar-refractivity contribution is 7.13. The molecular formula is C20H25N3O2S. The van der Waals surface area contributed by atoms with Crippen LogP contribution in [0.5, 0.6) is 0 Å². The molecule has 0 aliphatic carbocycles. The molecule has 2 fully saturated rings. The molecule has 1 amide bonds. The second kappa shape index (κ2) is 8.29. The minimum absolute atomic E-state index is 0.187. The van der Waals surface area contributed by atoms with E-state index in [1.807, 2.05) is 28.5 Å². The number of aromatic nitrogens is 1. The van der Waals surface area contributed by atoms with Gasteiger partial charge in [-0.2, -0.15) is 0 Å². The molecule has 0 bridgehead atoms. The first kappa shape index (κ1) is 17.6. The molecule has 4 rings (SSSR count). The van der Waals surface area contributed by atoms with E-state index in [1.165, 1.54) is 12.8 Å². The average molecular weight is 372 g/mol. The molecular weight excluding hydrogens is 346 g/mol. The van der Waals surface area contributed by atoms with Gasteiger partial charge in [0.1, 0.15) is 5.01 Å². The number of hydrogen-bond donors (Lipinski definition) is 0. The Balaban J connectivity index is 1.27. The lowest BCUT2D eigenvalue weighted by atomic mass is 10.2.